The fourth-order valence-corrected chi connectivity index (χ4v) is 6.43. The van der Waals surface area contributed by atoms with Crippen molar-refractivity contribution in [2.75, 3.05) is 31.2 Å². The molecule has 4 aromatic rings. The van der Waals surface area contributed by atoms with Gasteiger partial charge in [0.2, 0.25) is 0 Å². The lowest BCUT2D eigenvalue weighted by molar-refractivity contribution is -0.187. The van der Waals surface area contributed by atoms with Crippen LogP contribution in [-0.4, -0.2) is 58.6 Å². The predicted molar refractivity (Wildman–Crippen MR) is 144 cm³/mol. The number of hydrogen-bond acceptors (Lipinski definition) is 7. The molecule has 2 aromatic heterocycles. The summed E-state index contributed by atoms with van der Waals surface area (Å²) in [7, 11) is 0. The van der Waals surface area contributed by atoms with E-state index >= 15 is 4.39 Å². The minimum atomic E-state index is -1.33. The van der Waals surface area contributed by atoms with Gasteiger partial charge in [-0.2, -0.15) is 0 Å². The van der Waals surface area contributed by atoms with E-state index < -0.39 is 17.2 Å². The number of terminal acetylenes is 1. The van der Waals surface area contributed by atoms with E-state index in [2.05, 4.69) is 21.1 Å². The third kappa shape index (κ3) is 3.59. The van der Waals surface area contributed by atoms with Gasteiger partial charge in [-0.1, -0.05) is 12.0 Å². The number of aliphatic hydroxyl groups is 1. The predicted octanol–water partition coefficient (Wildman–Crippen LogP) is 3.88. The van der Waals surface area contributed by atoms with Crippen molar-refractivity contribution in [3.63, 3.8) is 0 Å². The zero-order chi connectivity index (χ0) is 27.1. The summed E-state index contributed by atoms with van der Waals surface area (Å²) in [6.07, 6.45) is 9.34. The van der Waals surface area contributed by atoms with Crippen molar-refractivity contribution in [3.8, 4) is 29.4 Å². The number of pyridine rings is 2. The number of benzene rings is 2. The van der Waals surface area contributed by atoms with Crippen LogP contribution < -0.4 is 10.2 Å². The molecule has 5 heterocycles. The third-order valence-corrected chi connectivity index (χ3v) is 8.30. The van der Waals surface area contributed by atoms with Crippen molar-refractivity contribution in [2.45, 2.75) is 37.5 Å². The Morgan fingerprint density at radius 3 is 2.56 bits per heavy atom. The molecule has 7 rings (SSSR count). The molecule has 0 radical (unpaired) electrons. The Morgan fingerprint density at radius 1 is 1.15 bits per heavy atom. The highest BCUT2D eigenvalue weighted by molar-refractivity contribution is 6.04. The number of piperazine rings is 1. The van der Waals surface area contributed by atoms with E-state index in [0.29, 0.717) is 53.0 Å². The maximum Gasteiger partial charge on any atom is 0.157 e. The Balaban J connectivity index is 1.52. The minimum Gasteiger partial charge on any atom is -0.508 e. The fourth-order valence-electron chi connectivity index (χ4n) is 6.43. The van der Waals surface area contributed by atoms with Gasteiger partial charge in [0.05, 0.1) is 24.5 Å². The van der Waals surface area contributed by atoms with Crippen LogP contribution in [0.4, 0.5) is 14.6 Å². The van der Waals surface area contributed by atoms with Crippen molar-refractivity contribution in [3.05, 3.63) is 58.9 Å². The maximum absolute atomic E-state index is 16.8. The molecule has 0 amide bonds. The molecule has 2 bridgehead atoms. The van der Waals surface area contributed by atoms with Gasteiger partial charge in [-0.15, -0.1) is 6.42 Å². The number of phenols is 1. The molecule has 198 valence electrons. The monoisotopic (exact) mass is 528 g/mol. The van der Waals surface area contributed by atoms with E-state index in [1.54, 1.807) is 13.1 Å². The van der Waals surface area contributed by atoms with Crippen LogP contribution >= 0.6 is 0 Å². The lowest BCUT2D eigenvalue weighted by Crippen LogP contribution is -2.52. The second-order valence-corrected chi connectivity index (χ2v) is 10.8. The van der Waals surface area contributed by atoms with Crippen molar-refractivity contribution in [1.29, 1.82) is 0 Å². The number of fused-ring (bicyclic) bond motifs is 4. The lowest BCUT2D eigenvalue weighted by Gasteiger charge is -2.39. The highest BCUT2D eigenvalue weighted by Gasteiger charge is 2.43. The smallest absolute Gasteiger partial charge is 0.157 e. The first-order chi connectivity index (χ1) is 18.8. The number of hydrogen-bond donors (Lipinski definition) is 3. The summed E-state index contributed by atoms with van der Waals surface area (Å²) in [4.78, 5) is 11.6. The molecule has 7 nitrogen and oxygen atoms in total. The normalized spacial score (nSPS) is 21.8. The number of aryl methyl sites for hydroxylation is 1. The van der Waals surface area contributed by atoms with Crippen molar-refractivity contribution in [1.82, 2.24) is 15.3 Å². The van der Waals surface area contributed by atoms with Crippen molar-refractivity contribution < 1.29 is 23.7 Å². The summed E-state index contributed by atoms with van der Waals surface area (Å²) in [6, 6.07) is 6.14. The number of ether oxygens (including phenoxy) is 1. The van der Waals surface area contributed by atoms with Gasteiger partial charge in [0.25, 0.3) is 0 Å². The first-order valence-corrected chi connectivity index (χ1v) is 13.0. The first kappa shape index (κ1) is 24.2. The largest absolute Gasteiger partial charge is 0.508 e. The average molecular weight is 529 g/mol. The zero-order valence-electron chi connectivity index (χ0n) is 21.3. The molecular formula is C30H26F2N4O3. The van der Waals surface area contributed by atoms with Gasteiger partial charge in [-0.3, -0.25) is 4.98 Å². The Morgan fingerprint density at radius 2 is 1.90 bits per heavy atom. The van der Waals surface area contributed by atoms with Gasteiger partial charge in [-0.05, 0) is 48.9 Å². The van der Waals surface area contributed by atoms with E-state index in [1.165, 1.54) is 24.3 Å². The Bertz CT molecular complexity index is 1720. The molecule has 9 heteroatoms. The van der Waals surface area contributed by atoms with Crippen molar-refractivity contribution in [2.24, 2.45) is 0 Å². The summed E-state index contributed by atoms with van der Waals surface area (Å²) in [5, 5.41) is 26.9. The number of rotatable bonds is 3. The summed E-state index contributed by atoms with van der Waals surface area (Å²) < 4.78 is 36.8. The average Bonchev–Trinajstić information content (AvgIpc) is 3.24. The first-order valence-electron chi connectivity index (χ1n) is 13.0. The van der Waals surface area contributed by atoms with Gasteiger partial charge in [-0.25, -0.2) is 13.8 Å². The molecule has 3 aliphatic rings. The molecule has 3 N–H and O–H groups in total. The van der Waals surface area contributed by atoms with E-state index in [1.807, 2.05) is 0 Å². The van der Waals surface area contributed by atoms with Gasteiger partial charge in [0, 0.05) is 53.1 Å². The van der Waals surface area contributed by atoms with Crippen LogP contribution in [0.2, 0.25) is 0 Å². The van der Waals surface area contributed by atoms with Gasteiger partial charge >= 0.3 is 0 Å². The molecule has 2 unspecified atom stereocenters. The molecule has 3 saturated heterocycles. The number of aromatic nitrogens is 2. The molecule has 0 aliphatic carbocycles. The van der Waals surface area contributed by atoms with Crippen molar-refractivity contribution >= 4 is 27.4 Å². The van der Waals surface area contributed by atoms with Gasteiger partial charge in [0.15, 0.2) is 11.4 Å². The quantitative estimate of drug-likeness (QED) is 0.348. The topological polar surface area (TPSA) is 90.7 Å². The lowest BCUT2D eigenvalue weighted by atomic mass is 9.90. The van der Waals surface area contributed by atoms with Gasteiger partial charge < -0.3 is 25.2 Å². The number of nitrogens with zero attached hydrogens (tertiary/aromatic N) is 3. The molecule has 2 aromatic carbocycles. The summed E-state index contributed by atoms with van der Waals surface area (Å²) in [5.41, 5.74) is -0.404. The van der Waals surface area contributed by atoms with Crippen LogP contribution in [0.15, 0.2) is 30.5 Å². The third-order valence-electron chi connectivity index (χ3n) is 8.30. The number of anilines is 1. The maximum atomic E-state index is 16.8. The summed E-state index contributed by atoms with van der Waals surface area (Å²) >= 11 is 0. The second-order valence-electron chi connectivity index (χ2n) is 10.8. The number of halogens is 2. The molecule has 0 saturated carbocycles. The highest BCUT2D eigenvalue weighted by Crippen LogP contribution is 2.42. The SMILES string of the molecule is C#Cc1c(F)ccc2cc(O)cc(-c3ncc4c(N5CC6CCC(C5)N6)nc(C5(O)COC5)c(C)c4c3F)c12. The van der Waals surface area contributed by atoms with Gasteiger partial charge in [0.1, 0.15) is 23.1 Å². The molecule has 3 aliphatic heterocycles. The second kappa shape index (κ2) is 8.58. The van der Waals surface area contributed by atoms with Crippen LogP contribution in [-0.2, 0) is 10.3 Å². The Kier molecular flexibility index (Phi) is 5.33. The van der Waals surface area contributed by atoms with E-state index in [0.717, 1.165) is 12.8 Å². The fraction of sp³-hybridized carbons (Fsp3) is 0.333. The standard InChI is InChI=1S/C30H26F2N4O3/c1-3-20-23(31)7-4-16-8-19(37)9-21(25(16)20)27-26(32)24-15(2)28(30(38)13-39-14-30)35-29(22(24)10-33-27)36-11-17-5-6-18(12-36)34-17/h1,4,7-10,17-18,34,37-38H,5-6,11-14H2,2H3. The number of phenolic OH excluding ortho intramolecular Hbond substituents is 1. The summed E-state index contributed by atoms with van der Waals surface area (Å²) in [5.74, 6) is 1.53. The molecule has 3 fully saturated rings. The van der Waals surface area contributed by atoms with E-state index in [4.69, 9.17) is 16.1 Å². The van der Waals surface area contributed by atoms with Crippen LogP contribution in [0.3, 0.4) is 0 Å². The van der Waals surface area contributed by atoms with E-state index in [9.17, 15) is 14.6 Å². The zero-order valence-corrected chi connectivity index (χ0v) is 21.3. The Labute approximate surface area is 223 Å². The summed E-state index contributed by atoms with van der Waals surface area (Å²) in [6.45, 7) is 3.29. The molecule has 39 heavy (non-hydrogen) atoms. The molecular weight excluding hydrogens is 502 g/mol. The minimum absolute atomic E-state index is 0.0335. The number of aromatic hydroxyl groups is 1. The van der Waals surface area contributed by atoms with E-state index in [-0.39, 0.29) is 46.6 Å². The van der Waals surface area contributed by atoms with Crippen LogP contribution in [0, 0.1) is 30.9 Å². The van der Waals surface area contributed by atoms with Crippen LogP contribution in [0.5, 0.6) is 5.75 Å². The number of nitrogens with one attached hydrogen (secondary N) is 1. The highest BCUT2D eigenvalue weighted by atomic mass is 19.1. The molecule has 0 spiro atoms. The Hall–Kier alpha value is -3.84. The van der Waals surface area contributed by atoms with Crippen LogP contribution in [0.1, 0.15) is 29.7 Å². The van der Waals surface area contributed by atoms with Crippen LogP contribution in [0.25, 0.3) is 32.8 Å². The molecule has 2 atom stereocenters.